The molecule has 0 atom stereocenters. The van der Waals surface area contributed by atoms with Crippen LogP contribution in [0.4, 0.5) is 5.69 Å². The number of methoxy groups -OCH3 is 1. The van der Waals surface area contributed by atoms with E-state index in [0.29, 0.717) is 30.9 Å². The van der Waals surface area contributed by atoms with Gasteiger partial charge in [0.05, 0.1) is 18.5 Å². The lowest BCUT2D eigenvalue weighted by molar-refractivity contribution is 0.0745. The third-order valence-corrected chi connectivity index (χ3v) is 6.31. The molecule has 1 aromatic heterocycles. The molecule has 1 fully saturated rings. The van der Waals surface area contributed by atoms with E-state index in [4.69, 9.17) is 4.74 Å². The number of aromatic nitrogens is 1. The molecular formula is C23H31N5O3. The number of hydrogen-bond acceptors (Lipinski definition) is 6. The van der Waals surface area contributed by atoms with Crippen molar-refractivity contribution >= 4 is 17.3 Å². The maximum absolute atomic E-state index is 13.1. The second kappa shape index (κ2) is 9.43. The summed E-state index contributed by atoms with van der Waals surface area (Å²) in [5.74, 6) is 0.934. The van der Waals surface area contributed by atoms with E-state index in [1.54, 1.807) is 7.11 Å². The van der Waals surface area contributed by atoms with Crippen molar-refractivity contribution < 1.29 is 14.7 Å². The molecule has 166 valence electrons. The molecule has 1 aromatic carbocycles. The quantitative estimate of drug-likeness (QED) is 0.568. The van der Waals surface area contributed by atoms with Gasteiger partial charge in [-0.25, -0.2) is 0 Å². The lowest BCUT2D eigenvalue weighted by Crippen LogP contribution is -2.47. The predicted molar refractivity (Wildman–Crippen MR) is 121 cm³/mol. The first-order valence-corrected chi connectivity index (χ1v) is 10.9. The summed E-state index contributed by atoms with van der Waals surface area (Å²) in [7, 11) is 3.57. The standard InChI is InChI=1S/C23H31N5O3/c1-25-12-8-18-19(24-30)9-13-28(23(29)22(18)25)11-5-10-26-14-16-27(17-15-26)20-6-3-4-7-21(20)31-2/h3-4,6-8,12,30H,5,9-11,13-17H2,1-2H3/b24-19-. The zero-order chi connectivity index (χ0) is 21.8. The van der Waals surface area contributed by atoms with Gasteiger partial charge in [-0.05, 0) is 31.2 Å². The predicted octanol–water partition coefficient (Wildman–Crippen LogP) is 2.27. The highest BCUT2D eigenvalue weighted by atomic mass is 16.5. The molecule has 8 nitrogen and oxygen atoms in total. The highest BCUT2D eigenvalue weighted by molar-refractivity contribution is 6.11. The Morgan fingerprint density at radius 2 is 1.84 bits per heavy atom. The number of nitrogens with zero attached hydrogens (tertiary/aromatic N) is 5. The van der Waals surface area contributed by atoms with E-state index >= 15 is 0 Å². The van der Waals surface area contributed by atoms with Gasteiger partial charge in [-0.3, -0.25) is 9.69 Å². The first-order chi connectivity index (χ1) is 15.1. The minimum absolute atomic E-state index is 0.0159. The zero-order valence-corrected chi connectivity index (χ0v) is 18.3. The number of anilines is 1. The first-order valence-electron chi connectivity index (χ1n) is 10.9. The van der Waals surface area contributed by atoms with Crippen LogP contribution in [-0.4, -0.2) is 84.1 Å². The number of fused-ring (bicyclic) bond motifs is 1. The number of hydrogen-bond donors (Lipinski definition) is 1. The third kappa shape index (κ3) is 4.39. The van der Waals surface area contributed by atoms with Crippen molar-refractivity contribution in [2.24, 2.45) is 12.2 Å². The van der Waals surface area contributed by atoms with Crippen molar-refractivity contribution in [3.63, 3.8) is 0 Å². The monoisotopic (exact) mass is 425 g/mol. The number of oxime groups is 1. The van der Waals surface area contributed by atoms with E-state index in [-0.39, 0.29) is 5.91 Å². The van der Waals surface area contributed by atoms with Crippen LogP contribution in [-0.2, 0) is 7.05 Å². The van der Waals surface area contributed by atoms with Gasteiger partial charge >= 0.3 is 0 Å². The summed E-state index contributed by atoms with van der Waals surface area (Å²) in [5, 5.41) is 12.8. The van der Waals surface area contributed by atoms with E-state index in [0.717, 1.165) is 56.1 Å². The Balaban J connectivity index is 1.29. The first kappa shape index (κ1) is 21.2. The molecule has 3 heterocycles. The minimum Gasteiger partial charge on any atom is -0.495 e. The molecule has 0 bridgehead atoms. The summed E-state index contributed by atoms with van der Waals surface area (Å²) in [6, 6.07) is 10.0. The average molecular weight is 426 g/mol. The molecule has 0 radical (unpaired) electrons. The zero-order valence-electron chi connectivity index (χ0n) is 18.3. The minimum atomic E-state index is 0.0159. The Morgan fingerprint density at radius 1 is 1.06 bits per heavy atom. The number of carbonyl (C=O) groups is 1. The highest BCUT2D eigenvalue weighted by Crippen LogP contribution is 2.28. The molecule has 31 heavy (non-hydrogen) atoms. The SMILES string of the molecule is COc1ccccc1N1CCN(CCCN2CC/C(=N/O)c3ccn(C)c3C2=O)CC1. The average Bonchev–Trinajstić information content (AvgIpc) is 3.12. The van der Waals surface area contributed by atoms with Gasteiger partial charge in [0, 0.05) is 64.5 Å². The molecular weight excluding hydrogens is 394 g/mol. The summed E-state index contributed by atoms with van der Waals surface area (Å²) in [6.07, 6.45) is 3.33. The van der Waals surface area contributed by atoms with Crippen LogP contribution in [0.1, 0.15) is 28.9 Å². The Kier molecular flexibility index (Phi) is 6.46. The Labute approximate surface area is 183 Å². The van der Waals surface area contributed by atoms with Crippen LogP contribution >= 0.6 is 0 Å². The van der Waals surface area contributed by atoms with Gasteiger partial charge in [-0.15, -0.1) is 0 Å². The summed E-state index contributed by atoms with van der Waals surface area (Å²) in [5.41, 5.74) is 3.08. The number of para-hydroxylation sites is 2. The Hall–Kier alpha value is -3.00. The Bertz CT molecular complexity index is 946. The molecule has 8 heteroatoms. The molecule has 0 spiro atoms. The fourth-order valence-electron chi connectivity index (χ4n) is 4.56. The number of carbonyl (C=O) groups excluding carboxylic acids is 1. The van der Waals surface area contributed by atoms with Gasteiger partial charge in [0.1, 0.15) is 11.4 Å². The molecule has 4 rings (SSSR count). The van der Waals surface area contributed by atoms with Crippen molar-refractivity contribution in [1.29, 1.82) is 0 Å². The molecule has 0 aliphatic carbocycles. The third-order valence-electron chi connectivity index (χ3n) is 6.31. The van der Waals surface area contributed by atoms with Crippen LogP contribution < -0.4 is 9.64 Å². The van der Waals surface area contributed by atoms with Crippen LogP contribution in [0.3, 0.4) is 0 Å². The second-order valence-corrected chi connectivity index (χ2v) is 8.13. The van der Waals surface area contributed by atoms with Crippen LogP contribution in [0.5, 0.6) is 5.75 Å². The summed E-state index contributed by atoms with van der Waals surface area (Å²) < 4.78 is 7.32. The molecule has 0 saturated carbocycles. The lowest BCUT2D eigenvalue weighted by atomic mass is 10.1. The highest BCUT2D eigenvalue weighted by Gasteiger charge is 2.28. The molecule has 2 aliphatic heterocycles. The van der Waals surface area contributed by atoms with Crippen LogP contribution in [0, 0.1) is 0 Å². The number of benzene rings is 1. The van der Waals surface area contributed by atoms with Gasteiger partial charge in [0.15, 0.2) is 0 Å². The van der Waals surface area contributed by atoms with Crippen molar-refractivity contribution in [2.75, 3.05) is 57.8 Å². The molecule has 1 amide bonds. The van der Waals surface area contributed by atoms with Crippen LogP contribution in [0.25, 0.3) is 0 Å². The Morgan fingerprint density at radius 3 is 2.58 bits per heavy atom. The second-order valence-electron chi connectivity index (χ2n) is 8.13. The van der Waals surface area contributed by atoms with Gasteiger partial charge < -0.3 is 24.3 Å². The van der Waals surface area contributed by atoms with E-state index < -0.39 is 0 Å². The van der Waals surface area contributed by atoms with E-state index in [1.807, 2.05) is 47.0 Å². The lowest BCUT2D eigenvalue weighted by Gasteiger charge is -2.36. The van der Waals surface area contributed by atoms with Gasteiger partial charge in [0.2, 0.25) is 0 Å². The number of ether oxygens (including phenoxy) is 1. The smallest absolute Gasteiger partial charge is 0.271 e. The fraction of sp³-hybridized carbons (Fsp3) is 0.478. The van der Waals surface area contributed by atoms with Crippen LogP contribution in [0.15, 0.2) is 41.7 Å². The van der Waals surface area contributed by atoms with Gasteiger partial charge in [0.25, 0.3) is 5.91 Å². The van der Waals surface area contributed by atoms with E-state index in [9.17, 15) is 10.0 Å². The number of rotatable bonds is 6. The van der Waals surface area contributed by atoms with Crippen molar-refractivity contribution in [2.45, 2.75) is 12.8 Å². The summed E-state index contributed by atoms with van der Waals surface area (Å²) in [4.78, 5) is 19.8. The summed E-state index contributed by atoms with van der Waals surface area (Å²) >= 11 is 0. The summed E-state index contributed by atoms with van der Waals surface area (Å²) in [6.45, 7) is 6.16. The topological polar surface area (TPSA) is 73.5 Å². The maximum Gasteiger partial charge on any atom is 0.271 e. The molecule has 1 saturated heterocycles. The van der Waals surface area contributed by atoms with Crippen molar-refractivity contribution in [3.8, 4) is 5.75 Å². The number of piperazine rings is 1. The number of amides is 1. The largest absolute Gasteiger partial charge is 0.495 e. The maximum atomic E-state index is 13.1. The fourth-order valence-corrected chi connectivity index (χ4v) is 4.56. The van der Waals surface area contributed by atoms with E-state index in [1.165, 1.54) is 0 Å². The normalized spacial score (nSPS) is 18.9. The number of aryl methyl sites for hydroxylation is 1. The van der Waals surface area contributed by atoms with Crippen molar-refractivity contribution in [1.82, 2.24) is 14.4 Å². The van der Waals surface area contributed by atoms with Crippen LogP contribution in [0.2, 0.25) is 0 Å². The molecule has 1 N–H and O–H groups in total. The van der Waals surface area contributed by atoms with Crippen molar-refractivity contribution in [3.05, 3.63) is 47.8 Å². The van der Waals surface area contributed by atoms with Gasteiger partial charge in [-0.2, -0.15) is 0 Å². The molecule has 2 aliphatic rings. The molecule has 2 aromatic rings. The molecule has 0 unspecified atom stereocenters. The van der Waals surface area contributed by atoms with Gasteiger partial charge in [-0.1, -0.05) is 17.3 Å². The van der Waals surface area contributed by atoms with E-state index in [2.05, 4.69) is 21.0 Å².